The number of anilines is 1. The van der Waals surface area contributed by atoms with E-state index in [1.165, 1.54) is 0 Å². The summed E-state index contributed by atoms with van der Waals surface area (Å²) in [6.45, 7) is 4.24. The maximum Gasteiger partial charge on any atom is 0.0393 e. The van der Waals surface area contributed by atoms with Crippen molar-refractivity contribution in [2.24, 2.45) is 11.7 Å². The van der Waals surface area contributed by atoms with E-state index < -0.39 is 0 Å². The van der Waals surface area contributed by atoms with Crippen LogP contribution in [0.25, 0.3) is 0 Å². The van der Waals surface area contributed by atoms with Crippen molar-refractivity contribution >= 4 is 5.69 Å². The summed E-state index contributed by atoms with van der Waals surface area (Å²) in [7, 11) is 0. The third-order valence-corrected chi connectivity index (χ3v) is 2.50. The van der Waals surface area contributed by atoms with Gasteiger partial charge in [0.2, 0.25) is 0 Å². The van der Waals surface area contributed by atoms with Crippen molar-refractivity contribution in [2.75, 3.05) is 5.73 Å². The minimum atomic E-state index is -0.00120. The highest BCUT2D eigenvalue weighted by Gasteiger charge is 2.15. The van der Waals surface area contributed by atoms with E-state index in [0.717, 1.165) is 17.7 Å². The van der Waals surface area contributed by atoms with Crippen molar-refractivity contribution in [1.29, 1.82) is 0 Å². The molecule has 1 heterocycles. The average molecular weight is 179 g/mol. The fourth-order valence-electron chi connectivity index (χ4n) is 1.26. The van der Waals surface area contributed by atoms with E-state index in [0.29, 0.717) is 5.92 Å². The van der Waals surface area contributed by atoms with Gasteiger partial charge in [-0.3, -0.25) is 4.98 Å². The Labute approximate surface area is 79.2 Å². The first-order valence-electron chi connectivity index (χ1n) is 4.61. The van der Waals surface area contributed by atoms with Crippen molar-refractivity contribution in [2.45, 2.75) is 26.3 Å². The van der Waals surface area contributed by atoms with Gasteiger partial charge in [0.25, 0.3) is 0 Å². The van der Waals surface area contributed by atoms with E-state index in [-0.39, 0.29) is 6.04 Å². The van der Waals surface area contributed by atoms with Gasteiger partial charge in [-0.25, -0.2) is 0 Å². The number of nitrogens with two attached hydrogens (primary N) is 2. The quantitative estimate of drug-likeness (QED) is 0.742. The molecule has 0 aliphatic rings. The van der Waals surface area contributed by atoms with E-state index in [4.69, 9.17) is 11.5 Å². The summed E-state index contributed by atoms with van der Waals surface area (Å²) < 4.78 is 0. The average Bonchev–Trinajstić information content (AvgIpc) is 2.16. The molecule has 4 N–H and O–H groups in total. The maximum atomic E-state index is 6.03. The van der Waals surface area contributed by atoms with Gasteiger partial charge >= 0.3 is 0 Å². The Bertz CT molecular complexity index is 273. The van der Waals surface area contributed by atoms with Crippen LogP contribution in [0.2, 0.25) is 0 Å². The molecule has 2 unspecified atom stereocenters. The maximum absolute atomic E-state index is 6.03. The topological polar surface area (TPSA) is 64.9 Å². The first-order chi connectivity index (χ1) is 6.16. The fraction of sp³-hybridized carbons (Fsp3) is 0.500. The zero-order valence-electron chi connectivity index (χ0n) is 8.20. The van der Waals surface area contributed by atoms with Gasteiger partial charge < -0.3 is 11.5 Å². The second-order valence-corrected chi connectivity index (χ2v) is 3.42. The van der Waals surface area contributed by atoms with Crippen LogP contribution in [0.3, 0.4) is 0 Å². The molecule has 0 bridgehead atoms. The lowest BCUT2D eigenvalue weighted by Crippen LogP contribution is -2.20. The first kappa shape index (κ1) is 9.99. The summed E-state index contributed by atoms with van der Waals surface area (Å²) in [5.41, 5.74) is 13.5. The minimum Gasteiger partial charge on any atom is -0.398 e. The zero-order chi connectivity index (χ0) is 9.84. The van der Waals surface area contributed by atoms with Crippen LogP contribution >= 0.6 is 0 Å². The monoisotopic (exact) mass is 179 g/mol. The normalized spacial score (nSPS) is 15.3. The van der Waals surface area contributed by atoms with E-state index in [9.17, 15) is 0 Å². The van der Waals surface area contributed by atoms with Crippen LogP contribution < -0.4 is 11.5 Å². The van der Waals surface area contributed by atoms with Crippen molar-refractivity contribution < 1.29 is 0 Å². The molecule has 0 spiro atoms. The molecule has 0 amide bonds. The summed E-state index contributed by atoms with van der Waals surface area (Å²) in [4.78, 5) is 4.02. The Morgan fingerprint density at radius 2 is 2.23 bits per heavy atom. The summed E-state index contributed by atoms with van der Waals surface area (Å²) in [5, 5.41) is 0. The van der Waals surface area contributed by atoms with Gasteiger partial charge in [-0.15, -0.1) is 0 Å². The van der Waals surface area contributed by atoms with E-state index >= 15 is 0 Å². The highest BCUT2D eigenvalue weighted by atomic mass is 14.7. The Morgan fingerprint density at radius 3 is 2.77 bits per heavy atom. The van der Waals surface area contributed by atoms with Crippen LogP contribution in [-0.2, 0) is 0 Å². The molecule has 0 saturated carbocycles. The van der Waals surface area contributed by atoms with Gasteiger partial charge in [-0.1, -0.05) is 20.3 Å². The van der Waals surface area contributed by atoms with Crippen molar-refractivity contribution in [3.8, 4) is 0 Å². The van der Waals surface area contributed by atoms with Gasteiger partial charge in [-0.05, 0) is 12.0 Å². The lowest BCUT2D eigenvalue weighted by molar-refractivity contribution is 0.457. The Kier molecular flexibility index (Phi) is 3.25. The fourth-order valence-corrected chi connectivity index (χ4v) is 1.26. The highest BCUT2D eigenvalue weighted by molar-refractivity contribution is 5.46. The number of rotatable bonds is 3. The van der Waals surface area contributed by atoms with E-state index in [1.807, 2.05) is 0 Å². The molecule has 0 radical (unpaired) electrons. The number of nitrogens with zero attached hydrogens (tertiary/aromatic N) is 1. The van der Waals surface area contributed by atoms with Crippen molar-refractivity contribution in [3.63, 3.8) is 0 Å². The molecule has 0 fully saturated rings. The summed E-state index contributed by atoms with van der Waals surface area (Å²) in [6.07, 6.45) is 4.49. The Morgan fingerprint density at radius 1 is 1.54 bits per heavy atom. The molecule has 0 aliphatic carbocycles. The van der Waals surface area contributed by atoms with Gasteiger partial charge in [0.1, 0.15) is 0 Å². The van der Waals surface area contributed by atoms with E-state index in [2.05, 4.69) is 18.8 Å². The number of nitrogen functional groups attached to an aromatic ring is 1. The van der Waals surface area contributed by atoms with Crippen molar-refractivity contribution in [3.05, 3.63) is 24.0 Å². The summed E-state index contributed by atoms with van der Waals surface area (Å²) in [5.74, 6) is 0.437. The predicted molar refractivity (Wildman–Crippen MR) is 55.0 cm³/mol. The van der Waals surface area contributed by atoms with Gasteiger partial charge in [0.05, 0.1) is 0 Å². The lowest BCUT2D eigenvalue weighted by Gasteiger charge is -2.19. The molecule has 1 aromatic rings. The molecule has 0 aromatic carbocycles. The molecule has 1 rings (SSSR count). The zero-order valence-corrected chi connectivity index (χ0v) is 8.20. The number of hydrogen-bond acceptors (Lipinski definition) is 3. The third kappa shape index (κ3) is 2.18. The molecular weight excluding hydrogens is 162 g/mol. The second-order valence-electron chi connectivity index (χ2n) is 3.42. The molecule has 3 heteroatoms. The Balaban J connectivity index is 2.88. The SMILES string of the molecule is CCC(C)C(N)c1cnccc1N. The largest absolute Gasteiger partial charge is 0.398 e. The van der Waals surface area contributed by atoms with Gasteiger partial charge in [0, 0.05) is 29.7 Å². The van der Waals surface area contributed by atoms with Gasteiger partial charge in [0.15, 0.2) is 0 Å². The predicted octanol–water partition coefficient (Wildman–Crippen LogP) is 1.71. The Hall–Kier alpha value is -1.09. The molecule has 0 saturated heterocycles. The molecular formula is C10H17N3. The standard InChI is InChI=1S/C10H17N3/c1-3-7(2)10(12)8-6-13-5-4-9(8)11/h4-7,10H,3,12H2,1-2H3,(H2,11,13). The van der Waals surface area contributed by atoms with E-state index in [1.54, 1.807) is 18.5 Å². The molecule has 13 heavy (non-hydrogen) atoms. The smallest absolute Gasteiger partial charge is 0.0393 e. The van der Waals surface area contributed by atoms with Crippen LogP contribution in [0.15, 0.2) is 18.5 Å². The molecule has 1 aromatic heterocycles. The van der Waals surface area contributed by atoms with Crippen LogP contribution in [-0.4, -0.2) is 4.98 Å². The molecule has 3 nitrogen and oxygen atoms in total. The second kappa shape index (κ2) is 4.23. The summed E-state index contributed by atoms with van der Waals surface area (Å²) >= 11 is 0. The van der Waals surface area contributed by atoms with Crippen LogP contribution in [0.1, 0.15) is 31.9 Å². The molecule has 0 aliphatic heterocycles. The number of aromatic nitrogens is 1. The number of pyridine rings is 1. The van der Waals surface area contributed by atoms with Crippen LogP contribution in [0, 0.1) is 5.92 Å². The van der Waals surface area contributed by atoms with Crippen LogP contribution in [0.5, 0.6) is 0 Å². The number of hydrogen-bond donors (Lipinski definition) is 2. The first-order valence-corrected chi connectivity index (χ1v) is 4.61. The molecule has 72 valence electrons. The molecule has 2 atom stereocenters. The highest BCUT2D eigenvalue weighted by Crippen LogP contribution is 2.24. The lowest BCUT2D eigenvalue weighted by atomic mass is 9.93. The van der Waals surface area contributed by atoms with Gasteiger partial charge in [-0.2, -0.15) is 0 Å². The third-order valence-electron chi connectivity index (χ3n) is 2.50. The summed E-state index contributed by atoms with van der Waals surface area (Å²) in [6, 6.07) is 1.79. The van der Waals surface area contributed by atoms with Crippen LogP contribution in [0.4, 0.5) is 5.69 Å². The minimum absolute atomic E-state index is 0.00120. The van der Waals surface area contributed by atoms with Crippen molar-refractivity contribution in [1.82, 2.24) is 4.98 Å².